The second kappa shape index (κ2) is 4.14. The highest BCUT2D eigenvalue weighted by atomic mass is 79.9. The number of hydrogen-bond acceptors (Lipinski definition) is 2. The first-order valence-corrected chi connectivity index (χ1v) is 6.08. The van der Waals surface area contributed by atoms with Gasteiger partial charge in [-0.05, 0) is 46.8 Å². The third-order valence-corrected chi connectivity index (χ3v) is 3.56. The monoisotopic (exact) mass is 269 g/mol. The Morgan fingerprint density at radius 3 is 2.80 bits per heavy atom. The Bertz CT molecular complexity index is 378. The van der Waals surface area contributed by atoms with E-state index < -0.39 is 0 Å². The average molecular weight is 270 g/mol. The summed E-state index contributed by atoms with van der Waals surface area (Å²) in [6, 6.07) is 4.60. The maximum absolute atomic E-state index is 9.83. The molecule has 1 fully saturated rings. The van der Waals surface area contributed by atoms with Crippen LogP contribution in [0.5, 0.6) is 5.75 Å². The molecular weight excluding hydrogens is 254 g/mol. The third-order valence-electron chi connectivity index (χ3n) is 2.95. The molecule has 1 aliphatic rings. The van der Waals surface area contributed by atoms with Gasteiger partial charge in [0.15, 0.2) is 0 Å². The summed E-state index contributed by atoms with van der Waals surface area (Å²) in [5, 5.41) is 13.3. The first kappa shape index (κ1) is 11.0. The maximum atomic E-state index is 9.83. The molecule has 82 valence electrons. The lowest BCUT2D eigenvalue weighted by Crippen LogP contribution is -2.17. The van der Waals surface area contributed by atoms with Gasteiger partial charge in [-0.25, -0.2) is 0 Å². The van der Waals surface area contributed by atoms with Crippen LogP contribution in [0.15, 0.2) is 16.6 Å². The Hall–Kier alpha value is -0.540. The van der Waals surface area contributed by atoms with Crippen LogP contribution in [0.2, 0.25) is 0 Å². The smallest absolute Gasteiger partial charge is 0.134 e. The Morgan fingerprint density at radius 1 is 1.53 bits per heavy atom. The van der Waals surface area contributed by atoms with E-state index in [0.29, 0.717) is 11.8 Å². The average Bonchev–Trinajstić information content (AvgIpc) is 2.86. The number of aryl methyl sites for hydroxylation is 1. The molecule has 0 aromatic heterocycles. The second-order valence-electron chi connectivity index (χ2n) is 4.45. The number of hydrogen-bond donors (Lipinski definition) is 2. The summed E-state index contributed by atoms with van der Waals surface area (Å²) in [5.41, 5.74) is 2.14. The maximum Gasteiger partial charge on any atom is 0.134 e. The highest BCUT2D eigenvalue weighted by Gasteiger charge is 2.31. The molecule has 0 heterocycles. The van der Waals surface area contributed by atoms with Crippen molar-refractivity contribution in [2.45, 2.75) is 32.9 Å². The van der Waals surface area contributed by atoms with Crippen molar-refractivity contribution in [2.75, 3.05) is 0 Å². The van der Waals surface area contributed by atoms with Crippen molar-refractivity contribution < 1.29 is 5.11 Å². The number of halogens is 1. The van der Waals surface area contributed by atoms with Crippen molar-refractivity contribution in [1.29, 1.82) is 0 Å². The van der Waals surface area contributed by atoms with Crippen molar-refractivity contribution >= 4 is 15.9 Å². The fraction of sp³-hybridized carbons (Fsp3) is 0.500. The Balaban J connectivity index is 2.06. The van der Waals surface area contributed by atoms with Gasteiger partial charge >= 0.3 is 0 Å². The summed E-state index contributed by atoms with van der Waals surface area (Å²) in [7, 11) is 0. The molecule has 1 saturated carbocycles. The summed E-state index contributed by atoms with van der Waals surface area (Å²) in [6.45, 7) is 5.03. The summed E-state index contributed by atoms with van der Waals surface area (Å²) in [6.07, 6.45) is 1.26. The molecule has 0 radical (unpaired) electrons. The highest BCUT2D eigenvalue weighted by Crippen LogP contribution is 2.32. The molecule has 0 bridgehead atoms. The van der Waals surface area contributed by atoms with Gasteiger partial charge in [0.05, 0.1) is 4.47 Å². The molecule has 0 aliphatic heterocycles. The van der Waals surface area contributed by atoms with Crippen LogP contribution in [-0.4, -0.2) is 11.1 Å². The largest absolute Gasteiger partial charge is 0.506 e. The zero-order valence-corrected chi connectivity index (χ0v) is 10.6. The minimum atomic E-state index is 0.362. The van der Waals surface area contributed by atoms with Gasteiger partial charge in [0.1, 0.15) is 5.75 Å². The SMILES string of the molecule is Cc1cc(Br)c(O)c(CNC2CC2C)c1. The van der Waals surface area contributed by atoms with Gasteiger partial charge in [-0.3, -0.25) is 0 Å². The Kier molecular flexibility index (Phi) is 3.03. The zero-order valence-electron chi connectivity index (χ0n) is 9.05. The highest BCUT2D eigenvalue weighted by molar-refractivity contribution is 9.10. The summed E-state index contributed by atoms with van der Waals surface area (Å²) >= 11 is 3.35. The molecule has 2 atom stereocenters. The van der Waals surface area contributed by atoms with Crippen molar-refractivity contribution in [3.63, 3.8) is 0 Å². The van der Waals surface area contributed by atoms with Gasteiger partial charge in [-0.1, -0.05) is 13.0 Å². The fourth-order valence-corrected chi connectivity index (χ4v) is 2.40. The molecule has 0 spiro atoms. The molecule has 2 unspecified atom stereocenters. The molecule has 0 saturated heterocycles. The minimum Gasteiger partial charge on any atom is -0.506 e. The van der Waals surface area contributed by atoms with Crippen LogP contribution in [0.3, 0.4) is 0 Å². The lowest BCUT2D eigenvalue weighted by Gasteiger charge is -2.09. The quantitative estimate of drug-likeness (QED) is 0.885. The van der Waals surface area contributed by atoms with Gasteiger partial charge < -0.3 is 10.4 Å². The van der Waals surface area contributed by atoms with Gasteiger partial charge in [0, 0.05) is 18.2 Å². The van der Waals surface area contributed by atoms with Crippen molar-refractivity contribution in [3.8, 4) is 5.75 Å². The van der Waals surface area contributed by atoms with Crippen molar-refractivity contribution in [2.24, 2.45) is 5.92 Å². The molecular formula is C12H16BrNO. The van der Waals surface area contributed by atoms with Crippen LogP contribution in [0.4, 0.5) is 0 Å². The standard InChI is InChI=1S/C12H16BrNO/c1-7-3-9(12(15)10(13)4-7)6-14-11-5-8(11)2/h3-4,8,11,14-15H,5-6H2,1-2H3. The third kappa shape index (κ3) is 2.52. The topological polar surface area (TPSA) is 32.3 Å². The Morgan fingerprint density at radius 2 is 2.20 bits per heavy atom. The van der Waals surface area contributed by atoms with Crippen LogP contribution in [-0.2, 0) is 6.54 Å². The number of nitrogens with one attached hydrogen (secondary N) is 1. The number of benzene rings is 1. The van der Waals surface area contributed by atoms with Gasteiger partial charge in [0.25, 0.3) is 0 Å². The van der Waals surface area contributed by atoms with E-state index >= 15 is 0 Å². The summed E-state index contributed by atoms with van der Waals surface area (Å²) in [4.78, 5) is 0. The summed E-state index contributed by atoms with van der Waals surface area (Å²) in [5.74, 6) is 1.15. The first-order chi connectivity index (χ1) is 7.08. The second-order valence-corrected chi connectivity index (χ2v) is 5.31. The van der Waals surface area contributed by atoms with Crippen LogP contribution in [0, 0.1) is 12.8 Å². The molecule has 1 aliphatic carbocycles. The molecule has 2 N–H and O–H groups in total. The van der Waals surface area contributed by atoms with Crippen molar-refractivity contribution in [3.05, 3.63) is 27.7 Å². The van der Waals surface area contributed by atoms with Crippen LogP contribution in [0.25, 0.3) is 0 Å². The predicted octanol–water partition coefficient (Wildman–Crippen LogP) is 2.96. The zero-order chi connectivity index (χ0) is 11.0. The molecule has 3 heteroatoms. The number of aromatic hydroxyl groups is 1. The minimum absolute atomic E-state index is 0.362. The van der Waals surface area contributed by atoms with Crippen LogP contribution >= 0.6 is 15.9 Å². The number of phenolic OH excluding ortho intramolecular Hbond substituents is 1. The van der Waals surface area contributed by atoms with E-state index in [9.17, 15) is 5.11 Å². The molecule has 1 aromatic carbocycles. The number of phenols is 1. The van der Waals surface area contributed by atoms with E-state index in [1.807, 2.05) is 19.1 Å². The van der Waals surface area contributed by atoms with E-state index in [-0.39, 0.29) is 0 Å². The normalized spacial score (nSPS) is 24.2. The van der Waals surface area contributed by atoms with E-state index in [2.05, 4.69) is 28.2 Å². The summed E-state index contributed by atoms with van der Waals surface area (Å²) < 4.78 is 0.781. The lowest BCUT2D eigenvalue weighted by atomic mass is 10.1. The van der Waals surface area contributed by atoms with Crippen molar-refractivity contribution in [1.82, 2.24) is 5.32 Å². The van der Waals surface area contributed by atoms with Gasteiger partial charge in [0.2, 0.25) is 0 Å². The van der Waals surface area contributed by atoms with E-state index in [1.165, 1.54) is 12.0 Å². The van der Waals surface area contributed by atoms with Crippen LogP contribution < -0.4 is 5.32 Å². The van der Waals surface area contributed by atoms with E-state index in [0.717, 1.165) is 22.5 Å². The first-order valence-electron chi connectivity index (χ1n) is 5.29. The molecule has 2 nitrogen and oxygen atoms in total. The molecule has 15 heavy (non-hydrogen) atoms. The van der Waals surface area contributed by atoms with Gasteiger partial charge in [-0.15, -0.1) is 0 Å². The number of rotatable bonds is 3. The molecule has 1 aromatic rings. The fourth-order valence-electron chi connectivity index (χ4n) is 1.79. The Labute approximate surface area is 98.8 Å². The molecule has 2 rings (SSSR count). The lowest BCUT2D eigenvalue weighted by molar-refractivity contribution is 0.460. The molecule has 0 amide bonds. The van der Waals surface area contributed by atoms with Gasteiger partial charge in [-0.2, -0.15) is 0 Å². The van der Waals surface area contributed by atoms with Crippen LogP contribution in [0.1, 0.15) is 24.5 Å². The van der Waals surface area contributed by atoms with E-state index in [4.69, 9.17) is 0 Å². The van der Waals surface area contributed by atoms with E-state index in [1.54, 1.807) is 0 Å². The predicted molar refractivity (Wildman–Crippen MR) is 65.0 cm³/mol.